The zero-order chi connectivity index (χ0) is 14.2. The zero-order valence-electron chi connectivity index (χ0n) is 11.2. The van der Waals surface area contributed by atoms with Gasteiger partial charge >= 0.3 is 0 Å². The molecule has 0 amide bonds. The molecule has 4 aromatic rings. The lowest BCUT2D eigenvalue weighted by Crippen LogP contribution is -2.10. The summed E-state index contributed by atoms with van der Waals surface area (Å²) in [7, 11) is 0. The number of hydrogen-bond donors (Lipinski definition) is 0. The summed E-state index contributed by atoms with van der Waals surface area (Å²) in [6.07, 6.45) is 3.41. The van der Waals surface area contributed by atoms with Crippen LogP contribution in [0.4, 0.5) is 0 Å². The summed E-state index contributed by atoms with van der Waals surface area (Å²) in [4.78, 5) is 16.8. The highest BCUT2D eigenvalue weighted by Gasteiger charge is 2.11. The van der Waals surface area contributed by atoms with E-state index in [4.69, 9.17) is 0 Å². The lowest BCUT2D eigenvalue weighted by Gasteiger charge is -2.14. The molecule has 100 valence electrons. The van der Waals surface area contributed by atoms with Gasteiger partial charge in [0.1, 0.15) is 0 Å². The third-order valence-electron chi connectivity index (χ3n) is 3.69. The third-order valence-corrected chi connectivity index (χ3v) is 3.69. The Hall–Kier alpha value is -2.94. The molecule has 4 rings (SSSR count). The van der Waals surface area contributed by atoms with Crippen molar-refractivity contribution in [2.24, 2.45) is 0 Å². The van der Waals surface area contributed by atoms with Crippen molar-refractivity contribution < 1.29 is 0 Å². The van der Waals surface area contributed by atoms with E-state index in [1.165, 1.54) is 0 Å². The predicted octanol–water partition coefficient (Wildman–Crippen LogP) is 3.54. The first-order valence-corrected chi connectivity index (χ1v) is 6.79. The first-order chi connectivity index (χ1) is 10.4. The van der Waals surface area contributed by atoms with Gasteiger partial charge in [-0.2, -0.15) is 0 Å². The molecule has 3 nitrogen and oxygen atoms in total. The molecule has 0 aliphatic rings. The zero-order valence-corrected chi connectivity index (χ0v) is 11.2. The molecule has 0 N–H and O–H groups in total. The minimum absolute atomic E-state index is 0.0511. The maximum atomic E-state index is 12.6. The van der Waals surface area contributed by atoms with Crippen LogP contribution in [-0.4, -0.2) is 9.55 Å². The SMILES string of the molecule is O=c1c2ccccc2n(-c2ccccc2)c2cnccc12. The van der Waals surface area contributed by atoms with Crippen molar-refractivity contribution in [2.45, 2.75) is 0 Å². The van der Waals surface area contributed by atoms with Crippen molar-refractivity contribution >= 4 is 21.8 Å². The van der Waals surface area contributed by atoms with Crippen LogP contribution in [0.2, 0.25) is 0 Å². The van der Waals surface area contributed by atoms with Crippen LogP contribution in [0.3, 0.4) is 0 Å². The summed E-state index contributed by atoms with van der Waals surface area (Å²) in [6.45, 7) is 0. The standard InChI is InChI=1S/C18H12N2O/c21-18-14-8-4-5-9-16(14)20(13-6-2-1-3-7-13)17-12-19-11-10-15(17)18/h1-12H. The van der Waals surface area contributed by atoms with Crippen LogP contribution in [-0.2, 0) is 0 Å². The number of para-hydroxylation sites is 2. The predicted molar refractivity (Wildman–Crippen MR) is 84.8 cm³/mol. The Morgan fingerprint density at radius 1 is 0.762 bits per heavy atom. The summed E-state index contributed by atoms with van der Waals surface area (Å²) in [5.74, 6) is 0. The minimum Gasteiger partial charge on any atom is -0.307 e. The first-order valence-electron chi connectivity index (χ1n) is 6.79. The second kappa shape index (κ2) is 4.56. The Kier molecular flexibility index (Phi) is 2.57. The van der Waals surface area contributed by atoms with Gasteiger partial charge in [-0.1, -0.05) is 30.3 Å². The lowest BCUT2D eigenvalue weighted by molar-refractivity contribution is 1.15. The highest BCUT2D eigenvalue weighted by Crippen LogP contribution is 2.22. The number of hydrogen-bond acceptors (Lipinski definition) is 2. The highest BCUT2D eigenvalue weighted by atomic mass is 16.1. The smallest absolute Gasteiger partial charge is 0.197 e. The Morgan fingerprint density at radius 2 is 1.48 bits per heavy atom. The Bertz CT molecular complexity index is 944. The van der Waals surface area contributed by atoms with E-state index < -0.39 is 0 Å². The van der Waals surface area contributed by atoms with Gasteiger partial charge in [-0.15, -0.1) is 0 Å². The van der Waals surface area contributed by atoms with Crippen molar-refractivity contribution in [3.8, 4) is 5.69 Å². The van der Waals surface area contributed by atoms with Crippen LogP contribution >= 0.6 is 0 Å². The fourth-order valence-electron chi connectivity index (χ4n) is 2.75. The molecule has 2 aromatic heterocycles. The van der Waals surface area contributed by atoms with Gasteiger partial charge in [0.15, 0.2) is 5.43 Å². The number of nitrogens with zero attached hydrogens (tertiary/aromatic N) is 2. The van der Waals surface area contributed by atoms with E-state index in [2.05, 4.69) is 9.55 Å². The molecule has 0 saturated carbocycles. The van der Waals surface area contributed by atoms with Gasteiger partial charge in [0.2, 0.25) is 0 Å². The minimum atomic E-state index is 0.0511. The van der Waals surface area contributed by atoms with E-state index in [9.17, 15) is 4.79 Å². The quantitative estimate of drug-likeness (QED) is 0.497. The summed E-state index contributed by atoms with van der Waals surface area (Å²) in [6, 6.07) is 19.5. The first kappa shape index (κ1) is 11.9. The number of aromatic nitrogens is 2. The molecule has 0 bridgehead atoms. The molecule has 0 unspecified atom stereocenters. The molecule has 0 aliphatic carbocycles. The summed E-state index contributed by atoms with van der Waals surface area (Å²) >= 11 is 0. The van der Waals surface area contributed by atoms with Crippen LogP contribution in [0.15, 0.2) is 77.9 Å². The second-order valence-corrected chi connectivity index (χ2v) is 4.91. The molecule has 0 saturated heterocycles. The van der Waals surface area contributed by atoms with Crippen LogP contribution in [0, 0.1) is 0 Å². The molecule has 0 aliphatic heterocycles. The van der Waals surface area contributed by atoms with Gasteiger partial charge in [0.25, 0.3) is 0 Å². The van der Waals surface area contributed by atoms with E-state index in [-0.39, 0.29) is 5.43 Å². The third kappa shape index (κ3) is 1.75. The maximum absolute atomic E-state index is 12.6. The average Bonchev–Trinajstić information content (AvgIpc) is 2.56. The van der Waals surface area contributed by atoms with E-state index in [0.29, 0.717) is 5.39 Å². The molecular formula is C18H12N2O. The van der Waals surface area contributed by atoms with Gasteiger partial charge in [-0.3, -0.25) is 9.78 Å². The maximum Gasteiger partial charge on any atom is 0.197 e. The Balaban J connectivity index is 2.31. The van der Waals surface area contributed by atoms with E-state index in [1.807, 2.05) is 54.6 Å². The molecule has 2 heterocycles. The van der Waals surface area contributed by atoms with Crippen LogP contribution in [0.25, 0.3) is 27.5 Å². The van der Waals surface area contributed by atoms with Gasteiger partial charge in [0.05, 0.1) is 17.2 Å². The monoisotopic (exact) mass is 272 g/mol. The second-order valence-electron chi connectivity index (χ2n) is 4.91. The van der Waals surface area contributed by atoms with Crippen LogP contribution in [0.1, 0.15) is 0 Å². The average molecular weight is 272 g/mol. The topological polar surface area (TPSA) is 34.9 Å². The summed E-state index contributed by atoms with van der Waals surface area (Å²) in [5.41, 5.74) is 2.79. The van der Waals surface area contributed by atoms with E-state index >= 15 is 0 Å². The molecule has 2 aromatic carbocycles. The van der Waals surface area contributed by atoms with Gasteiger partial charge in [0, 0.05) is 22.7 Å². The number of pyridine rings is 2. The van der Waals surface area contributed by atoms with E-state index in [1.54, 1.807) is 18.5 Å². The van der Waals surface area contributed by atoms with Crippen LogP contribution < -0.4 is 5.43 Å². The largest absolute Gasteiger partial charge is 0.307 e. The summed E-state index contributed by atoms with van der Waals surface area (Å²) in [5, 5.41) is 1.41. The van der Waals surface area contributed by atoms with Crippen molar-refractivity contribution in [1.29, 1.82) is 0 Å². The Morgan fingerprint density at radius 3 is 2.33 bits per heavy atom. The van der Waals surface area contributed by atoms with Crippen LogP contribution in [0.5, 0.6) is 0 Å². The lowest BCUT2D eigenvalue weighted by atomic mass is 10.1. The molecule has 0 fully saturated rings. The van der Waals surface area contributed by atoms with E-state index in [0.717, 1.165) is 22.1 Å². The highest BCUT2D eigenvalue weighted by molar-refractivity contribution is 5.94. The fraction of sp³-hybridized carbons (Fsp3) is 0. The fourth-order valence-corrected chi connectivity index (χ4v) is 2.75. The van der Waals surface area contributed by atoms with Gasteiger partial charge < -0.3 is 4.57 Å². The number of fused-ring (bicyclic) bond motifs is 2. The number of rotatable bonds is 1. The molecule has 3 heteroatoms. The summed E-state index contributed by atoms with van der Waals surface area (Å²) < 4.78 is 2.08. The van der Waals surface area contributed by atoms with Gasteiger partial charge in [-0.05, 0) is 30.3 Å². The van der Waals surface area contributed by atoms with Crippen molar-refractivity contribution in [1.82, 2.24) is 9.55 Å². The molecule has 21 heavy (non-hydrogen) atoms. The molecule has 0 radical (unpaired) electrons. The Labute approximate surface area is 121 Å². The van der Waals surface area contributed by atoms with Crippen molar-refractivity contribution in [2.75, 3.05) is 0 Å². The van der Waals surface area contributed by atoms with Crippen molar-refractivity contribution in [3.63, 3.8) is 0 Å². The van der Waals surface area contributed by atoms with Gasteiger partial charge in [-0.25, -0.2) is 0 Å². The van der Waals surface area contributed by atoms with Crippen molar-refractivity contribution in [3.05, 3.63) is 83.3 Å². The molecule has 0 spiro atoms. The normalized spacial score (nSPS) is 11.0. The molecular weight excluding hydrogens is 260 g/mol. The molecule has 0 atom stereocenters. The number of benzene rings is 2.